The van der Waals surface area contributed by atoms with E-state index >= 15 is 0 Å². The molecule has 1 aromatic rings. The quantitative estimate of drug-likeness (QED) is 0.901. The van der Waals surface area contributed by atoms with Gasteiger partial charge in [0.2, 0.25) is 0 Å². The van der Waals surface area contributed by atoms with Gasteiger partial charge < -0.3 is 10.6 Å². The first-order valence-electron chi connectivity index (χ1n) is 7.59. The molecule has 1 saturated heterocycles. The molecule has 0 aromatic heterocycles. The third-order valence-electron chi connectivity index (χ3n) is 4.25. The predicted molar refractivity (Wildman–Crippen MR) is 83.7 cm³/mol. The number of anilines is 1. The van der Waals surface area contributed by atoms with Crippen molar-refractivity contribution < 1.29 is 0 Å². The third-order valence-corrected chi connectivity index (χ3v) is 4.25. The summed E-state index contributed by atoms with van der Waals surface area (Å²) < 4.78 is 0. The van der Waals surface area contributed by atoms with Gasteiger partial charge in [0.05, 0.1) is 0 Å². The maximum absolute atomic E-state index is 5.89. The summed E-state index contributed by atoms with van der Waals surface area (Å²) in [6, 6.07) is 7.75. The van der Waals surface area contributed by atoms with Gasteiger partial charge in [-0.25, -0.2) is 0 Å². The molecule has 1 heterocycles. The molecule has 0 bridgehead atoms. The largest absolute Gasteiger partial charge is 0.368 e. The molecule has 0 spiro atoms. The highest BCUT2D eigenvalue weighted by molar-refractivity contribution is 5.55. The van der Waals surface area contributed by atoms with E-state index < -0.39 is 0 Å². The number of aryl methyl sites for hydroxylation is 1. The van der Waals surface area contributed by atoms with Crippen molar-refractivity contribution in [2.24, 2.45) is 11.7 Å². The van der Waals surface area contributed by atoms with Crippen LogP contribution in [0.25, 0.3) is 0 Å². The highest BCUT2D eigenvalue weighted by Gasteiger charge is 2.24. The molecule has 3 atom stereocenters. The van der Waals surface area contributed by atoms with E-state index in [9.17, 15) is 0 Å². The summed E-state index contributed by atoms with van der Waals surface area (Å²) in [5, 5.41) is 0. The van der Waals surface area contributed by atoms with E-state index in [1.165, 1.54) is 36.2 Å². The fourth-order valence-corrected chi connectivity index (χ4v) is 3.16. The fraction of sp³-hybridized carbons (Fsp3) is 0.647. The first-order valence-corrected chi connectivity index (χ1v) is 7.59. The minimum absolute atomic E-state index is 0.235. The Balaban J connectivity index is 2.20. The molecule has 1 aromatic carbocycles. The van der Waals surface area contributed by atoms with Gasteiger partial charge in [-0.15, -0.1) is 0 Å². The number of hydrogen-bond donors (Lipinski definition) is 1. The van der Waals surface area contributed by atoms with Gasteiger partial charge in [0.1, 0.15) is 0 Å². The smallest absolute Gasteiger partial charge is 0.0398 e. The lowest BCUT2D eigenvalue weighted by Gasteiger charge is -2.39. The van der Waals surface area contributed by atoms with E-state index in [0.717, 1.165) is 12.3 Å². The van der Waals surface area contributed by atoms with Crippen LogP contribution >= 0.6 is 0 Å². The van der Waals surface area contributed by atoms with E-state index in [0.29, 0.717) is 6.04 Å². The number of piperidine rings is 1. The zero-order valence-electron chi connectivity index (χ0n) is 12.8. The number of nitrogens with two attached hydrogens (primary N) is 1. The Morgan fingerprint density at radius 2 is 2.05 bits per heavy atom. The number of benzene rings is 1. The van der Waals surface area contributed by atoms with Gasteiger partial charge in [-0.1, -0.05) is 19.1 Å². The van der Waals surface area contributed by atoms with Crippen molar-refractivity contribution in [1.82, 2.24) is 0 Å². The summed E-state index contributed by atoms with van der Waals surface area (Å²) in [5.41, 5.74) is 10.0. The lowest BCUT2D eigenvalue weighted by molar-refractivity contribution is 0.390. The lowest BCUT2D eigenvalue weighted by Crippen LogP contribution is -2.41. The van der Waals surface area contributed by atoms with Crippen LogP contribution in [0.5, 0.6) is 0 Å². The monoisotopic (exact) mass is 260 g/mol. The van der Waals surface area contributed by atoms with Gasteiger partial charge in [0, 0.05) is 24.3 Å². The van der Waals surface area contributed by atoms with Crippen molar-refractivity contribution in [3.8, 4) is 0 Å². The van der Waals surface area contributed by atoms with Crippen LogP contribution in [-0.4, -0.2) is 18.6 Å². The van der Waals surface area contributed by atoms with Gasteiger partial charge in [0.15, 0.2) is 0 Å². The van der Waals surface area contributed by atoms with Crippen LogP contribution in [-0.2, 0) is 6.42 Å². The van der Waals surface area contributed by atoms with Gasteiger partial charge in [-0.3, -0.25) is 0 Å². The van der Waals surface area contributed by atoms with Crippen molar-refractivity contribution in [3.05, 3.63) is 29.3 Å². The minimum Gasteiger partial charge on any atom is -0.368 e. The Kier molecular flexibility index (Phi) is 4.51. The molecule has 1 fully saturated rings. The van der Waals surface area contributed by atoms with E-state index in [1.54, 1.807) is 0 Å². The topological polar surface area (TPSA) is 29.3 Å². The Morgan fingerprint density at radius 3 is 2.68 bits per heavy atom. The van der Waals surface area contributed by atoms with E-state index in [4.69, 9.17) is 5.73 Å². The molecule has 2 rings (SSSR count). The van der Waals surface area contributed by atoms with Crippen LogP contribution in [0.15, 0.2) is 18.2 Å². The summed E-state index contributed by atoms with van der Waals surface area (Å²) in [6.07, 6.45) is 3.63. The first kappa shape index (κ1) is 14.4. The molecule has 2 heteroatoms. The number of nitrogens with zero attached hydrogens (tertiary/aromatic N) is 1. The number of rotatable bonds is 3. The zero-order valence-corrected chi connectivity index (χ0v) is 12.8. The van der Waals surface area contributed by atoms with Crippen LogP contribution in [0.3, 0.4) is 0 Å². The van der Waals surface area contributed by atoms with Crippen molar-refractivity contribution in [3.63, 3.8) is 0 Å². The van der Waals surface area contributed by atoms with Crippen molar-refractivity contribution in [2.45, 2.75) is 59.0 Å². The molecule has 1 aliphatic heterocycles. The average Bonchev–Trinajstić information content (AvgIpc) is 2.32. The van der Waals surface area contributed by atoms with Crippen LogP contribution in [0, 0.1) is 12.8 Å². The summed E-state index contributed by atoms with van der Waals surface area (Å²) in [6.45, 7) is 10.2. The SMILES string of the molecule is Cc1cc(CC(C)N)ccc1N1CC(C)CCC1C. The summed E-state index contributed by atoms with van der Waals surface area (Å²) in [7, 11) is 0. The summed E-state index contributed by atoms with van der Waals surface area (Å²) in [5.74, 6) is 0.805. The van der Waals surface area contributed by atoms with Crippen LogP contribution in [0.4, 0.5) is 5.69 Å². The molecule has 0 radical (unpaired) electrons. The predicted octanol–water partition coefficient (Wildman–Crippen LogP) is 3.51. The van der Waals surface area contributed by atoms with Gasteiger partial charge >= 0.3 is 0 Å². The molecular weight excluding hydrogens is 232 g/mol. The minimum atomic E-state index is 0.235. The highest BCUT2D eigenvalue weighted by Crippen LogP contribution is 2.30. The molecule has 2 nitrogen and oxygen atoms in total. The third kappa shape index (κ3) is 3.50. The van der Waals surface area contributed by atoms with Gasteiger partial charge in [-0.2, -0.15) is 0 Å². The van der Waals surface area contributed by atoms with Gasteiger partial charge in [0.25, 0.3) is 0 Å². The van der Waals surface area contributed by atoms with Gasteiger partial charge in [-0.05, 0) is 63.1 Å². The zero-order chi connectivity index (χ0) is 14.0. The molecule has 2 N–H and O–H groups in total. The van der Waals surface area contributed by atoms with Crippen LogP contribution < -0.4 is 10.6 Å². The molecule has 0 saturated carbocycles. The average molecular weight is 260 g/mol. The second-order valence-electron chi connectivity index (χ2n) is 6.49. The molecule has 106 valence electrons. The molecule has 1 aliphatic rings. The van der Waals surface area contributed by atoms with E-state index in [2.05, 4.69) is 50.8 Å². The maximum atomic E-state index is 5.89. The second kappa shape index (κ2) is 5.96. The fourth-order valence-electron chi connectivity index (χ4n) is 3.16. The number of hydrogen-bond acceptors (Lipinski definition) is 2. The molecule has 0 aliphatic carbocycles. The first-order chi connectivity index (χ1) is 8.97. The molecule has 3 unspecified atom stereocenters. The Labute approximate surface area is 118 Å². The normalized spacial score (nSPS) is 25.4. The molecular formula is C17H28N2. The Bertz CT molecular complexity index is 425. The Hall–Kier alpha value is -1.02. The highest BCUT2D eigenvalue weighted by atomic mass is 15.2. The van der Waals surface area contributed by atoms with Crippen molar-refractivity contribution in [2.75, 3.05) is 11.4 Å². The molecule has 19 heavy (non-hydrogen) atoms. The second-order valence-corrected chi connectivity index (χ2v) is 6.49. The van der Waals surface area contributed by atoms with Crippen LogP contribution in [0.1, 0.15) is 44.7 Å². The Morgan fingerprint density at radius 1 is 1.32 bits per heavy atom. The lowest BCUT2D eigenvalue weighted by atomic mass is 9.93. The van der Waals surface area contributed by atoms with Crippen molar-refractivity contribution in [1.29, 1.82) is 0 Å². The van der Waals surface area contributed by atoms with E-state index in [-0.39, 0.29) is 6.04 Å². The van der Waals surface area contributed by atoms with E-state index in [1.807, 2.05) is 0 Å². The summed E-state index contributed by atoms with van der Waals surface area (Å²) in [4.78, 5) is 2.58. The maximum Gasteiger partial charge on any atom is 0.0398 e. The van der Waals surface area contributed by atoms with Crippen molar-refractivity contribution >= 4 is 5.69 Å². The standard InChI is InChI=1S/C17H28N2/c1-12-5-6-15(4)19(11-12)17-8-7-16(9-13(17)2)10-14(3)18/h7-9,12,14-15H,5-6,10-11,18H2,1-4H3. The van der Waals surface area contributed by atoms with Crippen LogP contribution in [0.2, 0.25) is 0 Å². The summed E-state index contributed by atoms with van der Waals surface area (Å²) >= 11 is 0. The molecule has 0 amide bonds.